The first-order valence-electron chi connectivity index (χ1n) is 4.91. The predicted molar refractivity (Wildman–Crippen MR) is 51.7 cm³/mol. The highest BCUT2D eigenvalue weighted by molar-refractivity contribution is 4.84. The molecule has 0 amide bonds. The van der Waals surface area contributed by atoms with Gasteiger partial charge in [-0.05, 0) is 19.9 Å². The fourth-order valence-electron chi connectivity index (χ4n) is 1.81. The van der Waals surface area contributed by atoms with Crippen molar-refractivity contribution in [3.8, 4) is 0 Å². The van der Waals surface area contributed by atoms with E-state index in [9.17, 15) is 5.11 Å². The van der Waals surface area contributed by atoms with E-state index in [1.165, 1.54) is 6.33 Å². The molecule has 78 valence electrons. The van der Waals surface area contributed by atoms with Gasteiger partial charge in [0, 0.05) is 13.1 Å². The van der Waals surface area contributed by atoms with Crippen LogP contribution in [0.25, 0.3) is 0 Å². The van der Waals surface area contributed by atoms with Crippen LogP contribution in [0.4, 0.5) is 0 Å². The number of likely N-dealkylation sites (tertiary alicyclic amines) is 1. The Morgan fingerprint density at radius 3 is 2.71 bits per heavy atom. The topological polar surface area (TPSA) is 54.2 Å². The van der Waals surface area contributed by atoms with E-state index in [1.54, 1.807) is 11.0 Å². The largest absolute Gasteiger partial charge is 0.388 e. The number of aliphatic hydroxyl groups is 1. The minimum Gasteiger partial charge on any atom is -0.388 e. The summed E-state index contributed by atoms with van der Waals surface area (Å²) in [5.74, 6) is 0. The highest BCUT2D eigenvalue weighted by Gasteiger charge is 2.31. The Morgan fingerprint density at radius 1 is 1.43 bits per heavy atom. The average Bonchev–Trinajstić information content (AvgIpc) is 2.63. The molecule has 1 aliphatic heterocycles. The van der Waals surface area contributed by atoms with Crippen molar-refractivity contribution in [3.63, 3.8) is 0 Å². The third kappa shape index (κ3) is 2.10. The number of hydrogen-bond donors (Lipinski definition) is 1. The number of hydrogen-bond acceptors (Lipinski definition) is 4. The summed E-state index contributed by atoms with van der Waals surface area (Å²) in [6.45, 7) is 2.46. The first-order valence-corrected chi connectivity index (χ1v) is 4.91. The van der Waals surface area contributed by atoms with Gasteiger partial charge in [0.25, 0.3) is 0 Å². The molecule has 1 aromatic heterocycles. The van der Waals surface area contributed by atoms with Crippen LogP contribution in [0.3, 0.4) is 0 Å². The van der Waals surface area contributed by atoms with E-state index in [-0.39, 0.29) is 0 Å². The lowest BCUT2D eigenvalue weighted by molar-refractivity contribution is -0.0315. The quantitative estimate of drug-likeness (QED) is 0.707. The minimum absolute atomic E-state index is 0.556. The monoisotopic (exact) mass is 196 g/mol. The van der Waals surface area contributed by atoms with Crippen molar-refractivity contribution in [1.29, 1.82) is 0 Å². The molecule has 5 nitrogen and oxygen atoms in total. The highest BCUT2D eigenvalue weighted by atomic mass is 16.3. The molecule has 0 spiro atoms. The fraction of sp³-hybridized carbons (Fsp3) is 0.778. The van der Waals surface area contributed by atoms with Gasteiger partial charge in [-0.25, -0.2) is 4.98 Å². The summed E-state index contributed by atoms with van der Waals surface area (Å²) < 4.78 is 1.70. The van der Waals surface area contributed by atoms with Crippen molar-refractivity contribution >= 4 is 0 Å². The van der Waals surface area contributed by atoms with Crippen LogP contribution in [0.1, 0.15) is 12.8 Å². The van der Waals surface area contributed by atoms with Gasteiger partial charge in [0.2, 0.25) is 0 Å². The van der Waals surface area contributed by atoms with Gasteiger partial charge in [0.1, 0.15) is 12.7 Å². The Bertz CT molecular complexity index is 277. The van der Waals surface area contributed by atoms with Crippen LogP contribution in [-0.2, 0) is 6.54 Å². The van der Waals surface area contributed by atoms with Crippen LogP contribution >= 0.6 is 0 Å². The number of aromatic nitrogens is 3. The first kappa shape index (κ1) is 9.61. The Kier molecular flexibility index (Phi) is 2.52. The van der Waals surface area contributed by atoms with Gasteiger partial charge in [-0.15, -0.1) is 0 Å². The van der Waals surface area contributed by atoms with Gasteiger partial charge in [0.15, 0.2) is 0 Å². The van der Waals surface area contributed by atoms with Gasteiger partial charge in [-0.3, -0.25) is 4.68 Å². The molecule has 1 saturated heterocycles. The van der Waals surface area contributed by atoms with Crippen LogP contribution < -0.4 is 0 Å². The highest BCUT2D eigenvalue weighted by Crippen LogP contribution is 2.22. The standard InChI is InChI=1S/C9H16N4O/c1-12-4-2-9(14,3-5-12)6-13-8-10-7-11-13/h7-8,14H,2-6H2,1H3. The Labute approximate surface area is 83.4 Å². The first-order chi connectivity index (χ1) is 6.68. The fourth-order valence-corrected chi connectivity index (χ4v) is 1.81. The summed E-state index contributed by atoms with van der Waals surface area (Å²) in [7, 11) is 2.08. The zero-order valence-electron chi connectivity index (χ0n) is 8.43. The van der Waals surface area contributed by atoms with Crippen LogP contribution in [0.15, 0.2) is 12.7 Å². The number of nitrogens with zero attached hydrogens (tertiary/aromatic N) is 4. The van der Waals surface area contributed by atoms with E-state index in [1.807, 2.05) is 0 Å². The van der Waals surface area contributed by atoms with Crippen molar-refractivity contribution in [2.24, 2.45) is 0 Å². The minimum atomic E-state index is -0.597. The smallest absolute Gasteiger partial charge is 0.137 e. The summed E-state index contributed by atoms with van der Waals surface area (Å²) in [4.78, 5) is 6.10. The molecule has 1 aromatic rings. The van der Waals surface area contributed by atoms with E-state index in [2.05, 4.69) is 22.0 Å². The molecule has 1 N–H and O–H groups in total. The van der Waals surface area contributed by atoms with Crippen LogP contribution in [-0.4, -0.2) is 50.5 Å². The SMILES string of the molecule is CN1CCC(O)(Cn2cncn2)CC1. The molecule has 2 rings (SSSR count). The molecule has 0 saturated carbocycles. The van der Waals surface area contributed by atoms with Gasteiger partial charge < -0.3 is 10.0 Å². The van der Waals surface area contributed by atoms with Crippen LogP contribution in [0.2, 0.25) is 0 Å². The summed E-state index contributed by atoms with van der Waals surface area (Å²) >= 11 is 0. The van der Waals surface area contributed by atoms with Crippen molar-refractivity contribution in [2.45, 2.75) is 25.0 Å². The predicted octanol–water partition coefficient (Wildman–Crippen LogP) is -0.265. The Morgan fingerprint density at radius 2 is 2.14 bits per heavy atom. The van der Waals surface area contributed by atoms with Crippen molar-refractivity contribution in [2.75, 3.05) is 20.1 Å². The van der Waals surface area contributed by atoms with E-state index in [0.717, 1.165) is 25.9 Å². The second-order valence-electron chi connectivity index (χ2n) is 4.12. The molecule has 2 heterocycles. The maximum absolute atomic E-state index is 10.2. The summed E-state index contributed by atoms with van der Waals surface area (Å²) in [5.41, 5.74) is -0.597. The normalized spacial score (nSPS) is 22.4. The third-order valence-electron chi connectivity index (χ3n) is 2.84. The van der Waals surface area contributed by atoms with Crippen molar-refractivity contribution in [3.05, 3.63) is 12.7 Å². The summed E-state index contributed by atoms with van der Waals surface area (Å²) in [5, 5.41) is 14.3. The number of rotatable bonds is 2. The van der Waals surface area contributed by atoms with E-state index in [4.69, 9.17) is 0 Å². The van der Waals surface area contributed by atoms with E-state index < -0.39 is 5.60 Å². The third-order valence-corrected chi connectivity index (χ3v) is 2.84. The van der Waals surface area contributed by atoms with Crippen LogP contribution in [0.5, 0.6) is 0 Å². The molecule has 0 radical (unpaired) electrons. The van der Waals surface area contributed by atoms with Gasteiger partial charge in [0.05, 0.1) is 12.1 Å². The summed E-state index contributed by atoms with van der Waals surface area (Å²) in [6, 6.07) is 0. The van der Waals surface area contributed by atoms with Gasteiger partial charge >= 0.3 is 0 Å². The van der Waals surface area contributed by atoms with Crippen LogP contribution in [0, 0.1) is 0 Å². The van der Waals surface area contributed by atoms with Crippen molar-refractivity contribution < 1.29 is 5.11 Å². The maximum Gasteiger partial charge on any atom is 0.137 e. The number of piperidine rings is 1. The zero-order valence-corrected chi connectivity index (χ0v) is 8.43. The molecule has 0 atom stereocenters. The lowest BCUT2D eigenvalue weighted by atomic mass is 9.92. The van der Waals surface area contributed by atoms with E-state index >= 15 is 0 Å². The van der Waals surface area contributed by atoms with E-state index in [0.29, 0.717) is 6.54 Å². The molecular formula is C9H16N4O. The molecule has 5 heteroatoms. The Balaban J connectivity index is 1.96. The molecule has 1 fully saturated rings. The second kappa shape index (κ2) is 3.67. The molecular weight excluding hydrogens is 180 g/mol. The van der Waals surface area contributed by atoms with Gasteiger partial charge in [-0.2, -0.15) is 5.10 Å². The molecule has 0 unspecified atom stereocenters. The molecule has 1 aliphatic rings. The molecule has 14 heavy (non-hydrogen) atoms. The average molecular weight is 196 g/mol. The zero-order chi connectivity index (χ0) is 10.0. The second-order valence-corrected chi connectivity index (χ2v) is 4.12. The summed E-state index contributed by atoms with van der Waals surface area (Å²) in [6.07, 6.45) is 4.77. The lowest BCUT2D eigenvalue weighted by Crippen LogP contribution is -2.45. The maximum atomic E-state index is 10.2. The lowest BCUT2D eigenvalue weighted by Gasteiger charge is -2.36. The molecule has 0 aliphatic carbocycles. The molecule has 0 bridgehead atoms. The molecule has 0 aromatic carbocycles. The Hall–Kier alpha value is -0.940. The van der Waals surface area contributed by atoms with Gasteiger partial charge in [-0.1, -0.05) is 0 Å². The van der Waals surface area contributed by atoms with Crippen molar-refractivity contribution in [1.82, 2.24) is 19.7 Å².